The summed E-state index contributed by atoms with van der Waals surface area (Å²) in [5.74, 6) is 0. The van der Waals surface area contributed by atoms with Crippen molar-refractivity contribution in [2.75, 3.05) is 13.2 Å². The molecule has 0 bridgehead atoms. The van der Waals surface area contributed by atoms with Crippen molar-refractivity contribution in [3.63, 3.8) is 0 Å². The Bertz CT molecular complexity index is 481. The largest absolute Gasteiger partial charge is 0.377 e. The van der Waals surface area contributed by atoms with Crippen LogP contribution in [0.3, 0.4) is 0 Å². The van der Waals surface area contributed by atoms with Gasteiger partial charge in [0.15, 0.2) is 0 Å². The predicted octanol–water partition coefficient (Wildman–Crippen LogP) is 1.41. The van der Waals surface area contributed by atoms with Crippen LogP contribution in [-0.2, 0) is 14.8 Å². The van der Waals surface area contributed by atoms with Crippen LogP contribution < -0.4 is 10.5 Å². The summed E-state index contributed by atoms with van der Waals surface area (Å²) >= 11 is 0. The first-order valence-corrected chi connectivity index (χ1v) is 7.78. The van der Waals surface area contributed by atoms with E-state index in [0.717, 1.165) is 5.56 Å². The highest BCUT2D eigenvalue weighted by Crippen LogP contribution is 2.14. The highest BCUT2D eigenvalue weighted by atomic mass is 32.2. The van der Waals surface area contributed by atoms with E-state index in [4.69, 9.17) is 10.5 Å². The molecule has 0 fully saturated rings. The van der Waals surface area contributed by atoms with Crippen LogP contribution in [0.5, 0.6) is 0 Å². The highest BCUT2D eigenvalue weighted by Gasteiger charge is 2.13. The third kappa shape index (κ3) is 5.28. The molecule has 1 unspecified atom stereocenters. The number of hydrogen-bond acceptors (Lipinski definition) is 4. The van der Waals surface area contributed by atoms with E-state index in [9.17, 15) is 8.42 Å². The molecule has 1 aromatic rings. The van der Waals surface area contributed by atoms with Crippen LogP contribution in [0.15, 0.2) is 29.2 Å². The summed E-state index contributed by atoms with van der Waals surface area (Å²) in [6.07, 6.45) is 0.0924. The molecule has 0 aromatic heterocycles. The zero-order valence-corrected chi connectivity index (χ0v) is 12.4. The molecule has 0 spiro atoms. The molecule has 6 heteroatoms. The molecule has 0 heterocycles. The molecule has 1 atom stereocenters. The Labute approximate surface area is 115 Å². The van der Waals surface area contributed by atoms with Crippen molar-refractivity contribution in [2.45, 2.75) is 37.8 Å². The second kappa shape index (κ2) is 7.00. The fraction of sp³-hybridized carbons (Fsp3) is 0.538. The van der Waals surface area contributed by atoms with E-state index < -0.39 is 10.0 Å². The smallest absolute Gasteiger partial charge is 0.240 e. The van der Waals surface area contributed by atoms with Gasteiger partial charge in [0.05, 0.1) is 17.6 Å². The Morgan fingerprint density at radius 3 is 2.26 bits per heavy atom. The lowest BCUT2D eigenvalue weighted by atomic mass is 10.1. The van der Waals surface area contributed by atoms with Crippen molar-refractivity contribution >= 4 is 10.0 Å². The van der Waals surface area contributed by atoms with Gasteiger partial charge in [-0.3, -0.25) is 0 Å². The van der Waals surface area contributed by atoms with Crippen molar-refractivity contribution < 1.29 is 13.2 Å². The topological polar surface area (TPSA) is 81.4 Å². The van der Waals surface area contributed by atoms with Gasteiger partial charge in [0.1, 0.15) is 0 Å². The summed E-state index contributed by atoms with van der Waals surface area (Å²) in [6, 6.07) is 6.46. The van der Waals surface area contributed by atoms with E-state index >= 15 is 0 Å². The van der Waals surface area contributed by atoms with Crippen molar-refractivity contribution in [2.24, 2.45) is 5.73 Å². The predicted molar refractivity (Wildman–Crippen MR) is 75.3 cm³/mol. The maximum atomic E-state index is 12.0. The fourth-order valence-corrected chi connectivity index (χ4v) is 2.52. The van der Waals surface area contributed by atoms with Crippen LogP contribution in [0.25, 0.3) is 0 Å². The maximum absolute atomic E-state index is 12.0. The maximum Gasteiger partial charge on any atom is 0.240 e. The van der Waals surface area contributed by atoms with E-state index in [-0.39, 0.29) is 23.6 Å². The van der Waals surface area contributed by atoms with E-state index in [1.54, 1.807) is 24.3 Å². The van der Waals surface area contributed by atoms with Gasteiger partial charge in [0, 0.05) is 12.6 Å². The molecule has 5 nitrogen and oxygen atoms in total. The molecule has 0 radical (unpaired) electrons. The molecule has 1 aromatic carbocycles. The summed E-state index contributed by atoms with van der Waals surface area (Å²) < 4.78 is 31.7. The number of sulfonamides is 1. The van der Waals surface area contributed by atoms with Crippen molar-refractivity contribution in [1.82, 2.24) is 4.72 Å². The third-order valence-corrected chi connectivity index (χ3v) is 4.04. The molecule has 0 aliphatic rings. The minimum atomic E-state index is -3.47. The molecule has 3 N–H and O–H groups in total. The highest BCUT2D eigenvalue weighted by molar-refractivity contribution is 7.89. The standard InChI is InChI=1S/C13H22N2O3S/c1-10(2)18-9-8-15-19(16,17)13-6-4-12(5-7-13)11(3)14/h4-7,10-11,15H,8-9,14H2,1-3H3. The fourth-order valence-electron chi connectivity index (χ4n) is 1.50. The normalized spacial score (nSPS) is 13.7. The van der Waals surface area contributed by atoms with Crippen LogP contribution >= 0.6 is 0 Å². The number of nitrogens with one attached hydrogen (secondary N) is 1. The van der Waals surface area contributed by atoms with Gasteiger partial charge >= 0.3 is 0 Å². The molecule has 0 aliphatic carbocycles. The zero-order valence-electron chi connectivity index (χ0n) is 11.6. The van der Waals surface area contributed by atoms with Gasteiger partial charge in [-0.15, -0.1) is 0 Å². The van der Waals surface area contributed by atoms with E-state index in [1.165, 1.54) is 0 Å². The molecule has 0 amide bonds. The van der Waals surface area contributed by atoms with Crippen LogP contribution in [-0.4, -0.2) is 27.7 Å². The summed E-state index contributed by atoms with van der Waals surface area (Å²) in [5, 5.41) is 0. The molecular weight excluding hydrogens is 264 g/mol. The summed E-state index contributed by atoms with van der Waals surface area (Å²) in [4.78, 5) is 0.237. The quantitative estimate of drug-likeness (QED) is 0.743. The zero-order chi connectivity index (χ0) is 14.5. The number of benzene rings is 1. The lowest BCUT2D eigenvalue weighted by Crippen LogP contribution is -2.28. The molecular formula is C13H22N2O3S. The monoisotopic (exact) mass is 286 g/mol. The van der Waals surface area contributed by atoms with Gasteiger partial charge in [-0.1, -0.05) is 12.1 Å². The van der Waals surface area contributed by atoms with Crippen molar-refractivity contribution in [3.05, 3.63) is 29.8 Å². The first kappa shape index (κ1) is 16.1. The average Bonchev–Trinajstić information content (AvgIpc) is 2.34. The lowest BCUT2D eigenvalue weighted by Gasteiger charge is -2.10. The van der Waals surface area contributed by atoms with Crippen LogP contribution in [0.1, 0.15) is 32.4 Å². The second-order valence-corrected chi connectivity index (χ2v) is 6.44. The molecule has 19 heavy (non-hydrogen) atoms. The Hall–Kier alpha value is -0.950. The van der Waals surface area contributed by atoms with Gasteiger partial charge in [0.25, 0.3) is 0 Å². The molecule has 0 saturated carbocycles. The Balaban J connectivity index is 2.62. The van der Waals surface area contributed by atoms with Crippen LogP contribution in [0, 0.1) is 0 Å². The second-order valence-electron chi connectivity index (χ2n) is 4.68. The SMILES string of the molecule is CC(C)OCCNS(=O)(=O)c1ccc(C(C)N)cc1. The van der Waals surface area contributed by atoms with Crippen molar-refractivity contribution in [1.29, 1.82) is 0 Å². The van der Waals surface area contributed by atoms with Crippen LogP contribution in [0.4, 0.5) is 0 Å². The third-order valence-electron chi connectivity index (χ3n) is 2.56. The van der Waals surface area contributed by atoms with E-state index in [2.05, 4.69) is 4.72 Å². The summed E-state index contributed by atoms with van der Waals surface area (Å²) in [7, 11) is -3.47. The van der Waals surface area contributed by atoms with Gasteiger partial charge in [-0.25, -0.2) is 13.1 Å². The first-order chi connectivity index (χ1) is 8.83. The Morgan fingerprint density at radius 2 is 1.79 bits per heavy atom. The molecule has 0 saturated heterocycles. The van der Waals surface area contributed by atoms with Crippen molar-refractivity contribution in [3.8, 4) is 0 Å². The van der Waals surface area contributed by atoms with E-state index in [1.807, 2.05) is 20.8 Å². The minimum absolute atomic E-state index is 0.0924. The summed E-state index contributed by atoms with van der Waals surface area (Å²) in [6.45, 7) is 6.28. The Morgan fingerprint density at radius 1 is 1.21 bits per heavy atom. The molecule has 108 valence electrons. The Kier molecular flexibility index (Phi) is 5.93. The first-order valence-electron chi connectivity index (χ1n) is 6.29. The van der Waals surface area contributed by atoms with Gasteiger partial charge in [0.2, 0.25) is 10.0 Å². The number of hydrogen-bond donors (Lipinski definition) is 2. The van der Waals surface area contributed by atoms with Gasteiger partial charge in [-0.05, 0) is 38.5 Å². The molecule has 1 rings (SSSR count). The summed E-state index contributed by atoms with van der Waals surface area (Å²) in [5.41, 5.74) is 6.62. The van der Waals surface area contributed by atoms with E-state index in [0.29, 0.717) is 6.61 Å². The van der Waals surface area contributed by atoms with Gasteiger partial charge < -0.3 is 10.5 Å². The number of nitrogens with two attached hydrogens (primary N) is 1. The minimum Gasteiger partial charge on any atom is -0.377 e. The van der Waals surface area contributed by atoms with Gasteiger partial charge in [-0.2, -0.15) is 0 Å². The lowest BCUT2D eigenvalue weighted by molar-refractivity contribution is 0.0834. The average molecular weight is 286 g/mol. The van der Waals surface area contributed by atoms with Crippen LogP contribution in [0.2, 0.25) is 0 Å². The number of rotatable bonds is 7. The molecule has 0 aliphatic heterocycles. The number of ether oxygens (including phenoxy) is 1.